The molecule has 0 saturated carbocycles. The van der Waals surface area contributed by atoms with Crippen molar-refractivity contribution < 1.29 is 19.4 Å². The molecule has 0 unspecified atom stereocenters. The first kappa shape index (κ1) is 15.4. The molecule has 1 aliphatic rings. The number of carbonyl (C=O) groups excluding carboxylic acids is 1. The van der Waals surface area contributed by atoms with Gasteiger partial charge in [0.05, 0.1) is 29.9 Å². The van der Waals surface area contributed by atoms with Gasteiger partial charge in [0, 0.05) is 6.20 Å². The number of carboxylic acid groups (broad SMARTS) is 1. The van der Waals surface area contributed by atoms with Gasteiger partial charge in [-0.1, -0.05) is 0 Å². The Hall–Kier alpha value is -1.95. The van der Waals surface area contributed by atoms with Crippen LogP contribution in [0, 0.1) is 0 Å². The lowest BCUT2D eigenvalue weighted by molar-refractivity contribution is -0.128. The number of amides is 1. The number of hydrogen-bond donors (Lipinski definition) is 1. The average Bonchev–Trinajstić information content (AvgIpc) is 2.41. The van der Waals surface area contributed by atoms with Crippen LogP contribution in [0.5, 0.6) is 0 Å². The fraction of sp³-hybridized carbons (Fsp3) is 0.533. The van der Waals surface area contributed by atoms with Crippen molar-refractivity contribution in [2.75, 3.05) is 13.2 Å². The minimum Gasteiger partial charge on any atom is -0.478 e. The van der Waals surface area contributed by atoms with E-state index in [9.17, 15) is 9.59 Å². The predicted octanol–water partition coefficient (Wildman–Crippen LogP) is 1.81. The molecule has 6 heteroatoms. The standard InChI is InChI=1S/C15H20N2O4/c1-14(2)9-21-15(3,4)8-17(14)12(18)11-6-5-10(7-16-11)13(19)20/h5-7H,8-9H2,1-4H3,(H,19,20). The third kappa shape index (κ3) is 3.21. The lowest BCUT2D eigenvalue weighted by Crippen LogP contribution is -2.61. The maximum atomic E-state index is 12.6. The van der Waals surface area contributed by atoms with Gasteiger partial charge < -0.3 is 14.7 Å². The third-order valence-electron chi connectivity index (χ3n) is 3.56. The van der Waals surface area contributed by atoms with Gasteiger partial charge in [-0.15, -0.1) is 0 Å². The van der Waals surface area contributed by atoms with Crippen LogP contribution in [0.2, 0.25) is 0 Å². The molecule has 2 heterocycles. The molecule has 21 heavy (non-hydrogen) atoms. The SMILES string of the molecule is CC1(C)CN(C(=O)c2ccc(C(=O)O)cn2)C(C)(C)CO1. The number of aromatic nitrogens is 1. The quantitative estimate of drug-likeness (QED) is 0.899. The molecular formula is C15H20N2O4. The highest BCUT2D eigenvalue weighted by molar-refractivity contribution is 5.94. The number of hydrogen-bond acceptors (Lipinski definition) is 4. The van der Waals surface area contributed by atoms with E-state index in [1.54, 1.807) is 4.90 Å². The molecule has 2 rings (SSSR count). The molecule has 1 aromatic heterocycles. The Bertz CT molecular complexity index is 564. The molecule has 1 fully saturated rings. The van der Waals surface area contributed by atoms with Crippen molar-refractivity contribution in [1.82, 2.24) is 9.88 Å². The smallest absolute Gasteiger partial charge is 0.337 e. The van der Waals surface area contributed by atoms with Gasteiger partial charge in [0.25, 0.3) is 5.91 Å². The highest BCUT2D eigenvalue weighted by atomic mass is 16.5. The number of rotatable bonds is 2. The Morgan fingerprint density at radius 3 is 2.48 bits per heavy atom. The van der Waals surface area contributed by atoms with Gasteiger partial charge in [-0.3, -0.25) is 9.78 Å². The van der Waals surface area contributed by atoms with E-state index in [0.29, 0.717) is 13.2 Å². The van der Waals surface area contributed by atoms with Crippen molar-refractivity contribution >= 4 is 11.9 Å². The second-order valence-corrected chi connectivity index (χ2v) is 6.49. The van der Waals surface area contributed by atoms with Gasteiger partial charge in [0.1, 0.15) is 5.69 Å². The van der Waals surface area contributed by atoms with Crippen LogP contribution in [0.3, 0.4) is 0 Å². The second-order valence-electron chi connectivity index (χ2n) is 6.49. The van der Waals surface area contributed by atoms with Crippen molar-refractivity contribution in [3.05, 3.63) is 29.6 Å². The highest BCUT2D eigenvalue weighted by Gasteiger charge is 2.42. The van der Waals surface area contributed by atoms with Crippen LogP contribution in [0.4, 0.5) is 0 Å². The van der Waals surface area contributed by atoms with Crippen molar-refractivity contribution in [2.24, 2.45) is 0 Å². The summed E-state index contributed by atoms with van der Waals surface area (Å²) in [5, 5.41) is 8.86. The van der Waals surface area contributed by atoms with E-state index in [2.05, 4.69) is 4.98 Å². The monoisotopic (exact) mass is 292 g/mol. The Morgan fingerprint density at radius 2 is 1.95 bits per heavy atom. The van der Waals surface area contributed by atoms with E-state index in [1.165, 1.54) is 18.3 Å². The van der Waals surface area contributed by atoms with Crippen LogP contribution < -0.4 is 0 Å². The van der Waals surface area contributed by atoms with Crippen LogP contribution in [0.15, 0.2) is 18.3 Å². The first-order valence-electron chi connectivity index (χ1n) is 6.78. The van der Waals surface area contributed by atoms with Crippen LogP contribution in [-0.4, -0.2) is 51.2 Å². The zero-order chi connectivity index (χ0) is 15.8. The molecule has 1 aromatic rings. The summed E-state index contributed by atoms with van der Waals surface area (Å²) in [7, 11) is 0. The van der Waals surface area contributed by atoms with Crippen molar-refractivity contribution in [3.8, 4) is 0 Å². The number of nitrogens with zero attached hydrogens (tertiary/aromatic N) is 2. The number of aromatic carboxylic acids is 1. The number of carboxylic acids is 1. The molecule has 0 bridgehead atoms. The van der Waals surface area contributed by atoms with Crippen LogP contribution in [0.25, 0.3) is 0 Å². The van der Waals surface area contributed by atoms with Gasteiger partial charge in [-0.05, 0) is 39.8 Å². The van der Waals surface area contributed by atoms with E-state index in [-0.39, 0.29) is 17.2 Å². The average molecular weight is 292 g/mol. The van der Waals surface area contributed by atoms with E-state index in [0.717, 1.165) is 0 Å². The summed E-state index contributed by atoms with van der Waals surface area (Å²) in [6.45, 7) is 8.64. The number of ether oxygens (including phenoxy) is 1. The fourth-order valence-corrected chi connectivity index (χ4v) is 2.22. The molecule has 0 spiro atoms. The van der Waals surface area contributed by atoms with E-state index in [4.69, 9.17) is 9.84 Å². The maximum absolute atomic E-state index is 12.6. The Morgan fingerprint density at radius 1 is 1.29 bits per heavy atom. The second kappa shape index (κ2) is 5.11. The summed E-state index contributed by atoms with van der Waals surface area (Å²) >= 11 is 0. The summed E-state index contributed by atoms with van der Waals surface area (Å²) < 4.78 is 5.76. The first-order valence-corrected chi connectivity index (χ1v) is 6.78. The zero-order valence-corrected chi connectivity index (χ0v) is 12.7. The minimum absolute atomic E-state index is 0.0631. The van der Waals surface area contributed by atoms with E-state index in [1.807, 2.05) is 27.7 Å². The minimum atomic E-state index is -1.06. The van der Waals surface area contributed by atoms with Gasteiger partial charge >= 0.3 is 5.97 Å². The van der Waals surface area contributed by atoms with E-state index < -0.39 is 17.1 Å². The van der Waals surface area contributed by atoms with Crippen molar-refractivity contribution in [2.45, 2.75) is 38.8 Å². The third-order valence-corrected chi connectivity index (χ3v) is 3.56. The van der Waals surface area contributed by atoms with Crippen molar-refractivity contribution in [3.63, 3.8) is 0 Å². The van der Waals surface area contributed by atoms with Crippen molar-refractivity contribution in [1.29, 1.82) is 0 Å². The number of morpholine rings is 1. The normalized spacial score (nSPS) is 20.1. The Labute approximate surface area is 123 Å². The molecule has 0 radical (unpaired) electrons. The fourth-order valence-electron chi connectivity index (χ4n) is 2.22. The molecule has 1 amide bonds. The summed E-state index contributed by atoms with van der Waals surface area (Å²) in [6.07, 6.45) is 1.20. The molecule has 0 atom stereocenters. The highest BCUT2D eigenvalue weighted by Crippen LogP contribution is 2.29. The van der Waals surface area contributed by atoms with Gasteiger partial charge in [0.2, 0.25) is 0 Å². The van der Waals surface area contributed by atoms with Crippen LogP contribution >= 0.6 is 0 Å². The van der Waals surface area contributed by atoms with Gasteiger partial charge in [-0.25, -0.2) is 4.79 Å². The lowest BCUT2D eigenvalue weighted by Gasteiger charge is -2.48. The lowest BCUT2D eigenvalue weighted by atomic mass is 9.95. The number of carbonyl (C=O) groups is 2. The molecule has 0 aromatic carbocycles. The Kier molecular flexibility index (Phi) is 3.76. The first-order chi connectivity index (χ1) is 9.62. The summed E-state index contributed by atoms with van der Waals surface area (Å²) in [5.74, 6) is -1.28. The topological polar surface area (TPSA) is 79.7 Å². The molecular weight excluding hydrogens is 272 g/mol. The molecule has 1 aliphatic heterocycles. The molecule has 6 nitrogen and oxygen atoms in total. The van der Waals surface area contributed by atoms with E-state index >= 15 is 0 Å². The molecule has 1 saturated heterocycles. The zero-order valence-electron chi connectivity index (χ0n) is 12.7. The van der Waals surface area contributed by atoms with Gasteiger partial charge in [-0.2, -0.15) is 0 Å². The maximum Gasteiger partial charge on any atom is 0.337 e. The summed E-state index contributed by atoms with van der Waals surface area (Å²) in [5.41, 5.74) is -0.537. The molecule has 0 aliphatic carbocycles. The van der Waals surface area contributed by atoms with Gasteiger partial charge in [0.15, 0.2) is 0 Å². The molecule has 114 valence electrons. The van der Waals surface area contributed by atoms with Crippen LogP contribution in [-0.2, 0) is 4.74 Å². The Balaban J connectivity index is 2.26. The largest absolute Gasteiger partial charge is 0.478 e. The molecule has 1 N–H and O–H groups in total. The summed E-state index contributed by atoms with van der Waals surface area (Å²) in [6, 6.07) is 2.84. The predicted molar refractivity (Wildman–Crippen MR) is 76.3 cm³/mol. The van der Waals surface area contributed by atoms with Crippen LogP contribution in [0.1, 0.15) is 48.5 Å². The summed E-state index contributed by atoms with van der Waals surface area (Å²) in [4.78, 5) is 29.2. The number of pyridine rings is 1.